The van der Waals surface area contributed by atoms with E-state index in [-0.39, 0.29) is 24.4 Å². The SMILES string of the molecule is C[C@H](N)C(=O)N1CCSCC1.Cl. The van der Waals surface area contributed by atoms with Gasteiger partial charge in [-0.2, -0.15) is 11.8 Å². The lowest BCUT2D eigenvalue weighted by molar-refractivity contribution is -0.131. The molecular formula is C7H15ClN2OS. The van der Waals surface area contributed by atoms with Crippen LogP contribution in [0.15, 0.2) is 0 Å². The molecule has 1 atom stereocenters. The summed E-state index contributed by atoms with van der Waals surface area (Å²) >= 11 is 1.89. The fourth-order valence-corrected chi connectivity index (χ4v) is 1.97. The zero-order chi connectivity index (χ0) is 8.27. The average molecular weight is 211 g/mol. The quantitative estimate of drug-likeness (QED) is 0.679. The molecule has 1 aliphatic rings. The lowest BCUT2D eigenvalue weighted by atomic mass is 10.3. The molecule has 0 aliphatic carbocycles. The van der Waals surface area contributed by atoms with Crippen molar-refractivity contribution in [3.05, 3.63) is 0 Å². The van der Waals surface area contributed by atoms with Gasteiger partial charge in [-0.1, -0.05) is 0 Å². The lowest BCUT2D eigenvalue weighted by Crippen LogP contribution is -2.45. The first-order chi connectivity index (χ1) is 5.22. The predicted molar refractivity (Wildman–Crippen MR) is 54.8 cm³/mol. The summed E-state index contributed by atoms with van der Waals surface area (Å²) in [6, 6.07) is -0.335. The molecular weight excluding hydrogens is 196 g/mol. The molecule has 0 spiro atoms. The van der Waals surface area contributed by atoms with Crippen LogP contribution in [-0.2, 0) is 4.79 Å². The molecule has 0 unspecified atom stereocenters. The van der Waals surface area contributed by atoms with E-state index in [0.29, 0.717) is 0 Å². The van der Waals surface area contributed by atoms with Crippen LogP contribution in [0.25, 0.3) is 0 Å². The van der Waals surface area contributed by atoms with Crippen LogP contribution in [0.4, 0.5) is 0 Å². The van der Waals surface area contributed by atoms with Crippen molar-refractivity contribution in [3.8, 4) is 0 Å². The fourth-order valence-electron chi connectivity index (χ4n) is 1.07. The molecule has 0 saturated carbocycles. The minimum atomic E-state index is -0.335. The third-order valence-electron chi connectivity index (χ3n) is 1.71. The monoisotopic (exact) mass is 210 g/mol. The molecule has 1 amide bonds. The van der Waals surface area contributed by atoms with Gasteiger partial charge in [0.05, 0.1) is 6.04 Å². The van der Waals surface area contributed by atoms with E-state index in [1.54, 1.807) is 6.92 Å². The van der Waals surface area contributed by atoms with Crippen LogP contribution in [0.3, 0.4) is 0 Å². The number of carbonyl (C=O) groups excluding carboxylic acids is 1. The predicted octanol–water partition coefficient (Wildman–Crippen LogP) is 0.331. The first-order valence-corrected chi connectivity index (χ1v) is 4.99. The second-order valence-corrected chi connectivity index (χ2v) is 3.95. The Morgan fingerprint density at radius 2 is 2.00 bits per heavy atom. The molecule has 12 heavy (non-hydrogen) atoms. The van der Waals surface area contributed by atoms with Crippen LogP contribution in [0.1, 0.15) is 6.92 Å². The van der Waals surface area contributed by atoms with E-state index in [1.807, 2.05) is 16.7 Å². The Balaban J connectivity index is 0.00000121. The van der Waals surface area contributed by atoms with Gasteiger partial charge in [0.15, 0.2) is 0 Å². The van der Waals surface area contributed by atoms with E-state index < -0.39 is 0 Å². The molecule has 0 aromatic heterocycles. The third kappa shape index (κ3) is 3.21. The topological polar surface area (TPSA) is 46.3 Å². The minimum Gasteiger partial charge on any atom is -0.340 e. The maximum atomic E-state index is 11.3. The summed E-state index contributed by atoms with van der Waals surface area (Å²) in [6.07, 6.45) is 0. The van der Waals surface area contributed by atoms with Gasteiger partial charge in [-0.05, 0) is 6.92 Å². The van der Waals surface area contributed by atoms with Crippen molar-refractivity contribution in [2.24, 2.45) is 5.73 Å². The third-order valence-corrected chi connectivity index (χ3v) is 2.65. The van der Waals surface area contributed by atoms with Crippen molar-refractivity contribution in [1.82, 2.24) is 4.90 Å². The summed E-state index contributed by atoms with van der Waals surface area (Å²) in [6.45, 7) is 3.47. The number of amides is 1. The number of nitrogens with two attached hydrogens (primary N) is 1. The van der Waals surface area contributed by atoms with E-state index in [1.165, 1.54) is 0 Å². The van der Waals surface area contributed by atoms with E-state index >= 15 is 0 Å². The minimum absolute atomic E-state index is 0. The highest BCUT2D eigenvalue weighted by Gasteiger charge is 2.18. The standard InChI is InChI=1S/C7H14N2OS.ClH/c1-6(8)7(10)9-2-4-11-5-3-9;/h6H,2-5,8H2,1H3;1H/t6-;/m0./s1. The molecule has 0 radical (unpaired) electrons. The highest BCUT2D eigenvalue weighted by atomic mass is 35.5. The molecule has 1 rings (SSSR count). The molecule has 1 saturated heterocycles. The Morgan fingerprint density at radius 1 is 1.50 bits per heavy atom. The molecule has 1 fully saturated rings. The number of carbonyl (C=O) groups is 1. The van der Waals surface area contributed by atoms with Crippen molar-refractivity contribution in [1.29, 1.82) is 0 Å². The molecule has 1 aliphatic heterocycles. The maximum absolute atomic E-state index is 11.3. The highest BCUT2D eigenvalue weighted by molar-refractivity contribution is 7.99. The molecule has 72 valence electrons. The first kappa shape index (κ1) is 12.1. The molecule has 5 heteroatoms. The van der Waals surface area contributed by atoms with Gasteiger partial charge < -0.3 is 10.6 Å². The summed E-state index contributed by atoms with van der Waals surface area (Å²) < 4.78 is 0. The Bertz CT molecular complexity index is 148. The number of hydrogen-bond acceptors (Lipinski definition) is 3. The maximum Gasteiger partial charge on any atom is 0.239 e. The van der Waals surface area contributed by atoms with Gasteiger partial charge in [-0.15, -0.1) is 12.4 Å². The zero-order valence-corrected chi connectivity index (χ0v) is 8.79. The summed E-state index contributed by atoms with van der Waals surface area (Å²) in [5.41, 5.74) is 5.47. The van der Waals surface area contributed by atoms with E-state index in [4.69, 9.17) is 5.73 Å². The number of halogens is 1. The van der Waals surface area contributed by atoms with Crippen LogP contribution >= 0.6 is 24.2 Å². The smallest absolute Gasteiger partial charge is 0.239 e. The number of rotatable bonds is 1. The molecule has 2 N–H and O–H groups in total. The normalized spacial score (nSPS) is 19.7. The molecule has 3 nitrogen and oxygen atoms in total. The summed E-state index contributed by atoms with van der Waals surface area (Å²) in [7, 11) is 0. The van der Waals surface area contributed by atoms with Gasteiger partial charge in [0.2, 0.25) is 5.91 Å². The van der Waals surface area contributed by atoms with E-state index in [9.17, 15) is 4.79 Å². The van der Waals surface area contributed by atoms with Crippen LogP contribution in [0, 0.1) is 0 Å². The summed E-state index contributed by atoms with van der Waals surface area (Å²) in [4.78, 5) is 13.1. The van der Waals surface area contributed by atoms with Crippen molar-refractivity contribution >= 4 is 30.1 Å². The Morgan fingerprint density at radius 3 is 2.42 bits per heavy atom. The Hall–Kier alpha value is 0.0700. The molecule has 0 aromatic rings. The zero-order valence-electron chi connectivity index (χ0n) is 7.16. The van der Waals surface area contributed by atoms with Crippen LogP contribution < -0.4 is 5.73 Å². The van der Waals surface area contributed by atoms with Gasteiger partial charge in [0.25, 0.3) is 0 Å². The molecule has 0 bridgehead atoms. The number of nitrogens with zero attached hydrogens (tertiary/aromatic N) is 1. The van der Waals surface area contributed by atoms with Crippen molar-refractivity contribution < 1.29 is 4.79 Å². The second kappa shape index (κ2) is 5.67. The fraction of sp³-hybridized carbons (Fsp3) is 0.857. The van der Waals surface area contributed by atoms with Crippen molar-refractivity contribution in [3.63, 3.8) is 0 Å². The Kier molecular flexibility index (Phi) is 5.70. The first-order valence-electron chi connectivity index (χ1n) is 3.84. The summed E-state index contributed by atoms with van der Waals surface area (Å²) in [5.74, 6) is 2.20. The van der Waals surface area contributed by atoms with Gasteiger partial charge in [0, 0.05) is 24.6 Å². The summed E-state index contributed by atoms with van der Waals surface area (Å²) in [5, 5.41) is 0. The second-order valence-electron chi connectivity index (χ2n) is 2.73. The van der Waals surface area contributed by atoms with Crippen molar-refractivity contribution in [2.75, 3.05) is 24.6 Å². The van der Waals surface area contributed by atoms with E-state index in [0.717, 1.165) is 24.6 Å². The van der Waals surface area contributed by atoms with Crippen molar-refractivity contribution in [2.45, 2.75) is 13.0 Å². The van der Waals surface area contributed by atoms with Crippen LogP contribution in [0.2, 0.25) is 0 Å². The average Bonchev–Trinajstić information content (AvgIpc) is 2.05. The molecule has 0 aromatic carbocycles. The van der Waals surface area contributed by atoms with Gasteiger partial charge in [0.1, 0.15) is 0 Å². The lowest BCUT2D eigenvalue weighted by Gasteiger charge is -2.27. The van der Waals surface area contributed by atoms with Crippen LogP contribution in [-0.4, -0.2) is 41.4 Å². The number of thioether (sulfide) groups is 1. The Labute approximate surface area is 83.5 Å². The number of hydrogen-bond donors (Lipinski definition) is 1. The van der Waals surface area contributed by atoms with Gasteiger partial charge in [-0.25, -0.2) is 0 Å². The highest BCUT2D eigenvalue weighted by Crippen LogP contribution is 2.09. The van der Waals surface area contributed by atoms with Crippen LogP contribution in [0.5, 0.6) is 0 Å². The molecule has 1 heterocycles. The largest absolute Gasteiger partial charge is 0.340 e. The van der Waals surface area contributed by atoms with E-state index in [2.05, 4.69) is 0 Å². The van der Waals surface area contributed by atoms with Gasteiger partial charge >= 0.3 is 0 Å². The van der Waals surface area contributed by atoms with Gasteiger partial charge in [-0.3, -0.25) is 4.79 Å².